The second-order valence-electron chi connectivity index (χ2n) is 6.38. The third kappa shape index (κ3) is 3.72. The molecule has 128 valence electrons. The molecule has 1 aromatic rings. The first-order valence-electron chi connectivity index (χ1n) is 8.16. The summed E-state index contributed by atoms with van der Waals surface area (Å²) in [4.78, 5) is 28.4. The van der Waals surface area contributed by atoms with Crippen molar-refractivity contribution >= 4 is 11.8 Å². The van der Waals surface area contributed by atoms with E-state index in [2.05, 4.69) is 12.0 Å². The normalized spacial score (nSPS) is 19.7. The molecule has 0 spiro atoms. The first-order valence-corrected chi connectivity index (χ1v) is 8.16. The van der Waals surface area contributed by atoms with E-state index in [0.717, 1.165) is 30.9 Å². The quantitative estimate of drug-likeness (QED) is 0.870. The summed E-state index contributed by atoms with van der Waals surface area (Å²) in [6.07, 6.45) is 0.966. The number of nitrogens with two attached hydrogens (primary N) is 1. The fourth-order valence-corrected chi connectivity index (χ4v) is 3.13. The van der Waals surface area contributed by atoms with E-state index >= 15 is 0 Å². The molecule has 1 fully saturated rings. The van der Waals surface area contributed by atoms with Crippen LogP contribution < -0.4 is 5.73 Å². The number of primary amides is 1. The van der Waals surface area contributed by atoms with Crippen LogP contribution in [0.1, 0.15) is 35.1 Å². The molecule has 1 aliphatic heterocycles. The minimum absolute atomic E-state index is 0.0519. The summed E-state index contributed by atoms with van der Waals surface area (Å²) in [6.45, 7) is 8.96. The highest BCUT2D eigenvalue weighted by Crippen LogP contribution is 2.18. The van der Waals surface area contributed by atoms with Crippen molar-refractivity contribution in [2.75, 3.05) is 33.2 Å². The van der Waals surface area contributed by atoms with Gasteiger partial charge in [-0.15, -0.1) is 0 Å². The van der Waals surface area contributed by atoms with Crippen LogP contribution in [0.15, 0.2) is 0 Å². The lowest BCUT2D eigenvalue weighted by atomic mass is 10.1. The van der Waals surface area contributed by atoms with Crippen LogP contribution in [0, 0.1) is 19.8 Å². The molecule has 7 heteroatoms. The number of amides is 2. The Morgan fingerprint density at radius 1 is 1.26 bits per heavy atom. The largest absolute Gasteiger partial charge is 0.369 e. The van der Waals surface area contributed by atoms with Crippen molar-refractivity contribution in [3.63, 3.8) is 0 Å². The zero-order valence-corrected chi connectivity index (χ0v) is 14.5. The molecule has 2 amide bonds. The SMILES string of the molecule is CCCn1nc(C)c(C(=O)N2CCN(C)C[C@@H](C(N)=O)C2)c1C. The Bertz CT molecular complexity index is 596. The van der Waals surface area contributed by atoms with Crippen molar-refractivity contribution in [2.45, 2.75) is 33.7 Å². The maximum absolute atomic E-state index is 13.0. The topological polar surface area (TPSA) is 84.5 Å². The first-order chi connectivity index (χ1) is 10.8. The van der Waals surface area contributed by atoms with E-state index in [1.807, 2.05) is 30.5 Å². The van der Waals surface area contributed by atoms with Gasteiger partial charge in [0.25, 0.3) is 5.91 Å². The van der Waals surface area contributed by atoms with Gasteiger partial charge in [0.05, 0.1) is 17.2 Å². The minimum Gasteiger partial charge on any atom is -0.369 e. The third-order valence-electron chi connectivity index (χ3n) is 4.44. The number of likely N-dealkylation sites (N-methyl/N-ethyl adjacent to an activating group) is 1. The first kappa shape index (κ1) is 17.5. The van der Waals surface area contributed by atoms with E-state index in [1.165, 1.54) is 0 Å². The van der Waals surface area contributed by atoms with E-state index in [-0.39, 0.29) is 17.7 Å². The fraction of sp³-hybridized carbons (Fsp3) is 0.688. The number of aryl methyl sites for hydroxylation is 2. The molecule has 2 rings (SSSR count). The number of rotatable bonds is 4. The average molecular weight is 321 g/mol. The molecule has 0 saturated carbocycles. The van der Waals surface area contributed by atoms with E-state index in [9.17, 15) is 9.59 Å². The van der Waals surface area contributed by atoms with Crippen molar-refractivity contribution in [3.8, 4) is 0 Å². The number of carbonyl (C=O) groups excluding carboxylic acids is 2. The highest BCUT2D eigenvalue weighted by atomic mass is 16.2. The lowest BCUT2D eigenvalue weighted by Gasteiger charge is -2.22. The highest BCUT2D eigenvalue weighted by Gasteiger charge is 2.30. The Morgan fingerprint density at radius 3 is 2.57 bits per heavy atom. The zero-order valence-electron chi connectivity index (χ0n) is 14.5. The molecule has 1 saturated heterocycles. The van der Waals surface area contributed by atoms with Crippen LogP contribution in [0.4, 0.5) is 0 Å². The molecular weight excluding hydrogens is 294 g/mol. The molecule has 1 aromatic heterocycles. The van der Waals surface area contributed by atoms with Gasteiger partial charge in [0.15, 0.2) is 0 Å². The molecule has 0 aromatic carbocycles. The molecule has 0 aliphatic carbocycles. The summed E-state index contributed by atoms with van der Waals surface area (Å²) < 4.78 is 1.89. The maximum Gasteiger partial charge on any atom is 0.257 e. The van der Waals surface area contributed by atoms with Crippen LogP contribution in [0.25, 0.3) is 0 Å². The monoisotopic (exact) mass is 321 g/mol. The maximum atomic E-state index is 13.0. The average Bonchev–Trinajstić information content (AvgIpc) is 2.65. The lowest BCUT2D eigenvalue weighted by molar-refractivity contribution is -0.122. The molecule has 7 nitrogen and oxygen atoms in total. The van der Waals surface area contributed by atoms with Gasteiger partial charge in [-0.05, 0) is 27.3 Å². The van der Waals surface area contributed by atoms with Crippen LogP contribution in [-0.2, 0) is 11.3 Å². The number of nitrogens with zero attached hydrogens (tertiary/aromatic N) is 4. The molecule has 1 atom stereocenters. The smallest absolute Gasteiger partial charge is 0.257 e. The van der Waals surface area contributed by atoms with Crippen molar-refractivity contribution in [3.05, 3.63) is 17.0 Å². The molecule has 0 radical (unpaired) electrons. The van der Waals surface area contributed by atoms with Gasteiger partial charge in [0.1, 0.15) is 0 Å². The number of hydrogen-bond acceptors (Lipinski definition) is 4. The highest BCUT2D eigenvalue weighted by molar-refractivity contribution is 5.96. The van der Waals surface area contributed by atoms with Crippen LogP contribution in [0.3, 0.4) is 0 Å². The van der Waals surface area contributed by atoms with Gasteiger partial charge in [-0.3, -0.25) is 14.3 Å². The second kappa shape index (κ2) is 7.12. The van der Waals surface area contributed by atoms with E-state index in [0.29, 0.717) is 25.2 Å². The number of aromatic nitrogens is 2. The molecule has 2 N–H and O–H groups in total. The standard InChI is InChI=1S/C16H27N5O2/c1-5-6-21-12(3)14(11(2)18-21)16(23)20-8-7-19(4)9-13(10-20)15(17)22/h13H,5-10H2,1-4H3,(H2,17,22)/t13-/m1/s1. The van der Waals surface area contributed by atoms with E-state index in [1.54, 1.807) is 4.90 Å². The Labute approximate surface area is 137 Å². The second-order valence-corrected chi connectivity index (χ2v) is 6.38. The molecular formula is C16H27N5O2. The molecule has 2 heterocycles. The summed E-state index contributed by atoms with van der Waals surface area (Å²) in [5, 5.41) is 4.48. The Balaban J connectivity index is 2.27. The van der Waals surface area contributed by atoms with Crippen LogP contribution in [0.2, 0.25) is 0 Å². The molecule has 1 aliphatic rings. The summed E-state index contributed by atoms with van der Waals surface area (Å²) >= 11 is 0. The van der Waals surface area contributed by atoms with Crippen LogP contribution in [-0.4, -0.2) is 64.6 Å². The van der Waals surface area contributed by atoms with Gasteiger partial charge in [-0.2, -0.15) is 5.10 Å². The lowest BCUT2D eigenvalue weighted by Crippen LogP contribution is -2.40. The van der Waals surface area contributed by atoms with Gasteiger partial charge in [0, 0.05) is 38.4 Å². The molecule has 23 heavy (non-hydrogen) atoms. The zero-order chi connectivity index (χ0) is 17.1. The van der Waals surface area contributed by atoms with Crippen molar-refractivity contribution < 1.29 is 9.59 Å². The molecule has 0 unspecified atom stereocenters. The summed E-state index contributed by atoms with van der Waals surface area (Å²) in [5.74, 6) is -0.742. The number of carbonyl (C=O) groups is 2. The van der Waals surface area contributed by atoms with Gasteiger partial charge >= 0.3 is 0 Å². The van der Waals surface area contributed by atoms with Crippen LogP contribution >= 0.6 is 0 Å². The van der Waals surface area contributed by atoms with Crippen molar-refractivity contribution in [2.24, 2.45) is 11.7 Å². The summed E-state index contributed by atoms with van der Waals surface area (Å²) in [5.41, 5.74) is 7.78. The third-order valence-corrected chi connectivity index (χ3v) is 4.44. The summed E-state index contributed by atoms with van der Waals surface area (Å²) in [7, 11) is 1.94. The van der Waals surface area contributed by atoms with Gasteiger partial charge in [-0.1, -0.05) is 6.92 Å². The Morgan fingerprint density at radius 2 is 1.96 bits per heavy atom. The Hall–Kier alpha value is -1.89. The van der Waals surface area contributed by atoms with Gasteiger partial charge < -0.3 is 15.5 Å². The van der Waals surface area contributed by atoms with Crippen molar-refractivity contribution in [1.29, 1.82) is 0 Å². The van der Waals surface area contributed by atoms with E-state index < -0.39 is 0 Å². The van der Waals surface area contributed by atoms with Crippen molar-refractivity contribution in [1.82, 2.24) is 19.6 Å². The predicted molar refractivity (Wildman–Crippen MR) is 88.1 cm³/mol. The summed E-state index contributed by atoms with van der Waals surface area (Å²) in [6, 6.07) is 0. The molecule has 0 bridgehead atoms. The minimum atomic E-state index is -0.355. The van der Waals surface area contributed by atoms with Gasteiger partial charge in [0.2, 0.25) is 5.91 Å². The van der Waals surface area contributed by atoms with Crippen LogP contribution in [0.5, 0.6) is 0 Å². The predicted octanol–water partition coefficient (Wildman–Crippen LogP) is 0.399. The fourth-order valence-electron chi connectivity index (χ4n) is 3.13. The van der Waals surface area contributed by atoms with Gasteiger partial charge in [-0.25, -0.2) is 0 Å². The van der Waals surface area contributed by atoms with E-state index in [4.69, 9.17) is 5.73 Å². The number of hydrogen-bond donors (Lipinski definition) is 1. The Kier molecular flexibility index (Phi) is 5.41.